The van der Waals surface area contributed by atoms with E-state index in [1.165, 1.54) is 23.6 Å². The van der Waals surface area contributed by atoms with Gasteiger partial charge in [-0.2, -0.15) is 10.2 Å². The smallest absolute Gasteiger partial charge is 0.324 e. The molecule has 1 saturated heterocycles. The van der Waals surface area contributed by atoms with Crippen LogP contribution in [-0.2, 0) is 12.0 Å². The molecule has 0 bridgehead atoms. The molecule has 0 radical (unpaired) electrons. The number of nitrogens with one attached hydrogen (secondary N) is 1. The Morgan fingerprint density at radius 1 is 1.11 bits per heavy atom. The van der Waals surface area contributed by atoms with Gasteiger partial charge in [-0.1, -0.05) is 6.07 Å². The molecule has 2 aromatic heterocycles. The lowest BCUT2D eigenvalue weighted by atomic mass is 9.82. The molecule has 0 spiro atoms. The van der Waals surface area contributed by atoms with Crippen LogP contribution in [0.3, 0.4) is 0 Å². The number of amides is 2. The van der Waals surface area contributed by atoms with E-state index in [9.17, 15) is 18.7 Å². The first kappa shape index (κ1) is 22.6. The van der Waals surface area contributed by atoms with Crippen molar-refractivity contribution in [2.45, 2.75) is 25.0 Å². The number of nitrogens with zero attached hydrogens (tertiary/aromatic N) is 7. The fourth-order valence-electron chi connectivity index (χ4n) is 4.42. The largest absolute Gasteiger partial charge is 0.382 e. The van der Waals surface area contributed by atoms with Crippen LogP contribution in [0.5, 0.6) is 0 Å². The summed E-state index contributed by atoms with van der Waals surface area (Å²) in [7, 11) is 0. The van der Waals surface area contributed by atoms with Crippen molar-refractivity contribution in [1.82, 2.24) is 34.8 Å². The molecule has 1 aliphatic rings. The average molecular weight is 480 g/mol. The SMILES string of the molecule is CC(N1CCN(c2ccc(-n3cncn3)cc2)C1=O)C(O)(Cc1ncn[nH]1)c1ccc(F)cc1F. The van der Waals surface area contributed by atoms with Crippen LogP contribution < -0.4 is 4.90 Å². The van der Waals surface area contributed by atoms with Gasteiger partial charge in [0.15, 0.2) is 0 Å². The molecule has 3 heterocycles. The highest BCUT2D eigenvalue weighted by atomic mass is 19.1. The van der Waals surface area contributed by atoms with Gasteiger partial charge in [0, 0.05) is 36.8 Å². The molecule has 2 aromatic carbocycles. The van der Waals surface area contributed by atoms with Crippen molar-refractivity contribution in [3.8, 4) is 5.69 Å². The van der Waals surface area contributed by atoms with Crippen LogP contribution in [0, 0.1) is 11.6 Å². The summed E-state index contributed by atoms with van der Waals surface area (Å²) in [6.07, 6.45) is 4.12. The lowest BCUT2D eigenvalue weighted by molar-refractivity contribution is -0.0323. The summed E-state index contributed by atoms with van der Waals surface area (Å²) in [4.78, 5) is 24.4. The molecule has 5 rings (SSSR count). The number of H-pyrrole nitrogens is 1. The minimum Gasteiger partial charge on any atom is -0.382 e. The number of anilines is 1. The number of halogens is 2. The number of urea groups is 1. The van der Waals surface area contributed by atoms with Crippen molar-refractivity contribution in [1.29, 1.82) is 0 Å². The standard InChI is InChI=1S/C23H22F2N8O2/c1-15(23(35,11-21-27-13-28-30-21)19-7-2-16(24)10-20(19)25)31-8-9-32(22(31)34)17-3-5-18(6-4-17)33-14-26-12-29-33/h2-7,10,12-15,35H,8-9,11H2,1H3,(H,27,28,30). The highest BCUT2D eigenvalue weighted by molar-refractivity contribution is 5.94. The van der Waals surface area contributed by atoms with Gasteiger partial charge < -0.3 is 10.0 Å². The Morgan fingerprint density at radius 3 is 2.54 bits per heavy atom. The molecule has 10 nitrogen and oxygen atoms in total. The van der Waals surface area contributed by atoms with Gasteiger partial charge in [-0.05, 0) is 37.3 Å². The Kier molecular flexibility index (Phi) is 5.73. The fourth-order valence-corrected chi connectivity index (χ4v) is 4.42. The van der Waals surface area contributed by atoms with Crippen molar-refractivity contribution >= 4 is 11.7 Å². The first-order chi connectivity index (χ1) is 16.9. The molecule has 12 heteroatoms. The normalized spacial score (nSPS) is 16.5. The zero-order chi connectivity index (χ0) is 24.6. The average Bonchev–Trinajstić information content (AvgIpc) is 3.61. The Balaban J connectivity index is 1.43. The van der Waals surface area contributed by atoms with Gasteiger partial charge >= 0.3 is 6.03 Å². The van der Waals surface area contributed by atoms with E-state index in [1.807, 2.05) is 12.1 Å². The van der Waals surface area contributed by atoms with E-state index in [0.717, 1.165) is 11.8 Å². The van der Waals surface area contributed by atoms with Gasteiger partial charge in [-0.15, -0.1) is 0 Å². The van der Waals surface area contributed by atoms with Gasteiger partial charge in [0.25, 0.3) is 0 Å². The maximum atomic E-state index is 14.8. The molecule has 0 saturated carbocycles. The second-order valence-corrected chi connectivity index (χ2v) is 8.32. The third kappa shape index (κ3) is 4.12. The second-order valence-electron chi connectivity index (χ2n) is 8.32. The maximum absolute atomic E-state index is 14.8. The van der Waals surface area contributed by atoms with Crippen LogP contribution in [0.25, 0.3) is 5.69 Å². The van der Waals surface area contributed by atoms with E-state index < -0.39 is 23.3 Å². The number of aromatic amines is 1. The summed E-state index contributed by atoms with van der Waals surface area (Å²) in [5.41, 5.74) is -0.581. The number of aliphatic hydroxyl groups is 1. The first-order valence-electron chi connectivity index (χ1n) is 10.9. The number of hydrogen-bond acceptors (Lipinski definition) is 6. The van der Waals surface area contributed by atoms with Crippen LogP contribution in [0.1, 0.15) is 18.3 Å². The molecule has 0 aliphatic carbocycles. The molecule has 2 N–H and O–H groups in total. The van der Waals surface area contributed by atoms with E-state index >= 15 is 0 Å². The maximum Gasteiger partial charge on any atom is 0.324 e. The zero-order valence-electron chi connectivity index (χ0n) is 18.7. The van der Waals surface area contributed by atoms with Gasteiger partial charge in [0.2, 0.25) is 0 Å². The molecular formula is C23H22F2N8O2. The number of carbonyl (C=O) groups is 1. The van der Waals surface area contributed by atoms with Crippen molar-refractivity contribution in [2.75, 3.05) is 18.0 Å². The second kappa shape index (κ2) is 8.87. The van der Waals surface area contributed by atoms with Crippen LogP contribution >= 0.6 is 0 Å². The van der Waals surface area contributed by atoms with Gasteiger partial charge in [-0.3, -0.25) is 10.00 Å². The summed E-state index contributed by atoms with van der Waals surface area (Å²) >= 11 is 0. The summed E-state index contributed by atoms with van der Waals surface area (Å²) in [6.45, 7) is 2.30. The molecule has 1 aliphatic heterocycles. The van der Waals surface area contributed by atoms with Crippen LogP contribution in [-0.4, -0.2) is 65.1 Å². The number of rotatable bonds is 7. The first-order valence-corrected chi connectivity index (χ1v) is 10.9. The van der Waals surface area contributed by atoms with E-state index in [4.69, 9.17) is 0 Å². The minimum atomic E-state index is -1.90. The Bertz CT molecular complexity index is 1310. The Morgan fingerprint density at radius 2 is 1.89 bits per heavy atom. The summed E-state index contributed by atoms with van der Waals surface area (Å²) < 4.78 is 30.0. The van der Waals surface area contributed by atoms with E-state index in [-0.39, 0.29) is 18.0 Å². The summed E-state index contributed by atoms with van der Waals surface area (Å²) in [5.74, 6) is -1.37. The van der Waals surface area contributed by atoms with Crippen molar-refractivity contribution in [3.63, 3.8) is 0 Å². The van der Waals surface area contributed by atoms with E-state index in [0.29, 0.717) is 30.7 Å². The topological polar surface area (TPSA) is 116 Å². The molecule has 180 valence electrons. The highest BCUT2D eigenvalue weighted by Crippen LogP contribution is 2.36. The molecule has 4 aromatic rings. The number of carbonyl (C=O) groups excluding carboxylic acids is 1. The monoisotopic (exact) mass is 480 g/mol. The van der Waals surface area contributed by atoms with Gasteiger partial charge in [-0.25, -0.2) is 28.2 Å². The zero-order valence-corrected chi connectivity index (χ0v) is 18.7. The fraction of sp³-hybridized carbons (Fsp3) is 0.261. The lowest BCUT2D eigenvalue weighted by Gasteiger charge is -2.39. The number of aromatic nitrogens is 6. The Hall–Kier alpha value is -4.19. The van der Waals surface area contributed by atoms with Crippen molar-refractivity contribution < 1.29 is 18.7 Å². The number of benzene rings is 2. The van der Waals surface area contributed by atoms with Crippen molar-refractivity contribution in [3.05, 3.63) is 84.5 Å². The third-order valence-corrected chi connectivity index (χ3v) is 6.34. The van der Waals surface area contributed by atoms with Gasteiger partial charge in [0.05, 0.1) is 11.7 Å². The molecule has 2 unspecified atom stereocenters. The van der Waals surface area contributed by atoms with E-state index in [1.54, 1.807) is 35.0 Å². The predicted molar refractivity (Wildman–Crippen MR) is 121 cm³/mol. The van der Waals surface area contributed by atoms with Crippen LogP contribution in [0.4, 0.5) is 19.3 Å². The highest BCUT2D eigenvalue weighted by Gasteiger charge is 2.46. The minimum absolute atomic E-state index is 0.133. The van der Waals surface area contributed by atoms with Crippen molar-refractivity contribution in [2.24, 2.45) is 0 Å². The number of hydrogen-bond donors (Lipinski definition) is 2. The molecule has 1 fully saturated rings. The molecule has 2 atom stereocenters. The summed E-state index contributed by atoms with van der Waals surface area (Å²) in [6, 6.07) is 8.98. The van der Waals surface area contributed by atoms with Crippen LogP contribution in [0.15, 0.2) is 61.4 Å². The van der Waals surface area contributed by atoms with Gasteiger partial charge in [0.1, 0.15) is 42.0 Å². The quantitative estimate of drug-likeness (QED) is 0.420. The molecular weight excluding hydrogens is 458 g/mol. The summed E-state index contributed by atoms with van der Waals surface area (Å²) in [5, 5.41) is 22.3. The van der Waals surface area contributed by atoms with E-state index in [2.05, 4.69) is 25.3 Å². The predicted octanol–water partition coefficient (Wildman–Crippen LogP) is 2.42. The third-order valence-electron chi connectivity index (χ3n) is 6.34. The molecule has 35 heavy (non-hydrogen) atoms. The molecule has 2 amide bonds. The lowest BCUT2D eigenvalue weighted by Crippen LogP contribution is -2.52. The Labute approximate surface area is 198 Å². The van der Waals surface area contributed by atoms with Crippen LogP contribution in [0.2, 0.25) is 0 Å².